The van der Waals surface area contributed by atoms with Crippen molar-refractivity contribution in [1.82, 2.24) is 19.0 Å². The van der Waals surface area contributed by atoms with Gasteiger partial charge >= 0.3 is 0 Å². The van der Waals surface area contributed by atoms with E-state index in [1.54, 1.807) is 13.3 Å². The van der Waals surface area contributed by atoms with Crippen LogP contribution < -0.4 is 14.8 Å². The third kappa shape index (κ3) is 4.61. The molecule has 2 aromatic heterocycles. The van der Waals surface area contributed by atoms with Gasteiger partial charge in [0, 0.05) is 18.0 Å². The highest BCUT2D eigenvalue weighted by Gasteiger charge is 2.22. The molecule has 3 heterocycles. The molecule has 0 amide bonds. The average Bonchev–Trinajstić information content (AvgIpc) is 3.29. The first-order chi connectivity index (χ1) is 15.3. The van der Waals surface area contributed by atoms with E-state index < -0.39 is 0 Å². The summed E-state index contributed by atoms with van der Waals surface area (Å²) in [5.74, 6) is 1.52. The fraction of sp³-hybridized carbons (Fsp3) is 0.348. The highest BCUT2D eigenvalue weighted by atomic mass is 32.1. The number of fused-ring (bicyclic) bond motifs is 2. The molecule has 31 heavy (non-hydrogen) atoms. The van der Waals surface area contributed by atoms with E-state index >= 15 is 0 Å². The number of benzene rings is 2. The van der Waals surface area contributed by atoms with Crippen LogP contribution >= 0.6 is 11.7 Å². The van der Waals surface area contributed by atoms with Crippen LogP contribution in [-0.4, -0.2) is 46.2 Å². The first kappa shape index (κ1) is 20.1. The lowest BCUT2D eigenvalue weighted by molar-refractivity contribution is -0.0261. The standard InChI is InChI=1S/C23H24N4O3S/c1-28-18-10-19-20(25-12-18)3-2-4-23(19)30-14-17-7-6-16(13-29-17)24-11-15-5-8-21-22(9-15)27-31-26-21/h2-5,8-10,12,16-17,24H,6-7,11,13-14H2,1H3/t16-,17+/m1/s1. The number of pyridine rings is 1. The average molecular weight is 437 g/mol. The van der Waals surface area contributed by atoms with Crippen LogP contribution in [0.2, 0.25) is 0 Å². The van der Waals surface area contributed by atoms with E-state index in [2.05, 4.69) is 31.2 Å². The molecular formula is C23H24N4O3S. The van der Waals surface area contributed by atoms with Crippen molar-refractivity contribution in [3.63, 3.8) is 0 Å². The number of hydrogen-bond acceptors (Lipinski definition) is 8. The summed E-state index contributed by atoms with van der Waals surface area (Å²) >= 11 is 1.25. The fourth-order valence-electron chi connectivity index (χ4n) is 3.82. The quantitative estimate of drug-likeness (QED) is 0.470. The molecule has 8 heteroatoms. The topological polar surface area (TPSA) is 78.4 Å². The zero-order chi connectivity index (χ0) is 21.0. The van der Waals surface area contributed by atoms with Crippen LogP contribution in [0.15, 0.2) is 48.7 Å². The number of hydrogen-bond donors (Lipinski definition) is 1. The van der Waals surface area contributed by atoms with Crippen molar-refractivity contribution in [2.24, 2.45) is 0 Å². The molecule has 160 valence electrons. The molecular weight excluding hydrogens is 412 g/mol. The molecule has 1 aliphatic rings. The third-order valence-corrected chi connectivity index (χ3v) is 6.16. The van der Waals surface area contributed by atoms with Crippen molar-refractivity contribution in [2.75, 3.05) is 20.3 Å². The molecule has 1 fully saturated rings. The van der Waals surface area contributed by atoms with Gasteiger partial charge in [-0.15, -0.1) is 0 Å². The molecule has 0 aliphatic carbocycles. The Morgan fingerprint density at radius 3 is 2.90 bits per heavy atom. The highest BCUT2D eigenvalue weighted by molar-refractivity contribution is 7.00. The Kier molecular flexibility index (Phi) is 5.93. The lowest BCUT2D eigenvalue weighted by Crippen LogP contribution is -2.41. The molecule has 0 bridgehead atoms. The Morgan fingerprint density at radius 2 is 2.03 bits per heavy atom. The van der Waals surface area contributed by atoms with E-state index in [4.69, 9.17) is 14.2 Å². The van der Waals surface area contributed by atoms with E-state index in [0.29, 0.717) is 19.3 Å². The Balaban J connectivity index is 1.12. The predicted molar refractivity (Wildman–Crippen MR) is 121 cm³/mol. The summed E-state index contributed by atoms with van der Waals surface area (Å²) in [7, 11) is 1.64. The molecule has 0 saturated carbocycles. The first-order valence-electron chi connectivity index (χ1n) is 10.4. The summed E-state index contributed by atoms with van der Waals surface area (Å²) in [5, 5.41) is 4.54. The number of methoxy groups -OCH3 is 1. The molecule has 1 saturated heterocycles. The number of nitrogens with zero attached hydrogens (tertiary/aromatic N) is 3. The largest absolute Gasteiger partial charge is 0.495 e. The summed E-state index contributed by atoms with van der Waals surface area (Å²) in [6.07, 6.45) is 3.82. The number of rotatable bonds is 7. The maximum atomic E-state index is 6.10. The molecule has 1 N–H and O–H groups in total. The van der Waals surface area contributed by atoms with Crippen molar-refractivity contribution in [3.8, 4) is 11.5 Å². The minimum Gasteiger partial charge on any atom is -0.495 e. The van der Waals surface area contributed by atoms with Gasteiger partial charge in [0.2, 0.25) is 0 Å². The van der Waals surface area contributed by atoms with Crippen LogP contribution in [0.25, 0.3) is 21.9 Å². The molecule has 5 rings (SSSR count). The number of nitrogens with one attached hydrogen (secondary N) is 1. The van der Waals surface area contributed by atoms with E-state index in [1.807, 2.05) is 30.3 Å². The minimum atomic E-state index is 0.0873. The summed E-state index contributed by atoms with van der Waals surface area (Å²) in [6, 6.07) is 14.4. The van der Waals surface area contributed by atoms with Crippen LogP contribution in [0, 0.1) is 0 Å². The summed E-state index contributed by atoms with van der Waals surface area (Å²) in [4.78, 5) is 4.43. The molecule has 7 nitrogen and oxygen atoms in total. The van der Waals surface area contributed by atoms with Crippen molar-refractivity contribution >= 4 is 33.7 Å². The van der Waals surface area contributed by atoms with Gasteiger partial charge < -0.3 is 19.5 Å². The summed E-state index contributed by atoms with van der Waals surface area (Å²) in [5.41, 5.74) is 4.02. The second kappa shape index (κ2) is 9.13. The third-order valence-electron chi connectivity index (χ3n) is 5.60. The summed E-state index contributed by atoms with van der Waals surface area (Å²) in [6.45, 7) is 2.00. The first-order valence-corrected chi connectivity index (χ1v) is 11.1. The maximum absolute atomic E-state index is 6.10. The van der Waals surface area contributed by atoms with Crippen LogP contribution in [-0.2, 0) is 11.3 Å². The van der Waals surface area contributed by atoms with Crippen molar-refractivity contribution in [3.05, 3.63) is 54.2 Å². The van der Waals surface area contributed by atoms with Gasteiger partial charge in [-0.3, -0.25) is 4.98 Å². The summed E-state index contributed by atoms with van der Waals surface area (Å²) < 4.78 is 26.0. The smallest absolute Gasteiger partial charge is 0.137 e. The molecule has 1 aliphatic heterocycles. The molecule has 4 aromatic rings. The zero-order valence-corrected chi connectivity index (χ0v) is 18.1. The van der Waals surface area contributed by atoms with Crippen molar-refractivity contribution < 1.29 is 14.2 Å². The van der Waals surface area contributed by atoms with Gasteiger partial charge in [0.15, 0.2) is 0 Å². The Hall–Kier alpha value is -2.81. The molecule has 0 unspecified atom stereocenters. The van der Waals surface area contributed by atoms with E-state index in [9.17, 15) is 0 Å². The monoisotopic (exact) mass is 436 g/mol. The van der Waals surface area contributed by atoms with Crippen molar-refractivity contribution in [2.45, 2.75) is 31.5 Å². The normalized spacial score (nSPS) is 19.0. The van der Waals surface area contributed by atoms with E-state index in [0.717, 1.165) is 52.8 Å². The SMILES string of the molecule is COc1cnc2cccc(OC[C@@H]3CC[C@@H](NCc4ccc5nsnc5c4)CO3)c2c1. The lowest BCUT2D eigenvalue weighted by atomic mass is 10.0. The predicted octanol–water partition coefficient (Wildman–Crippen LogP) is 3.96. The van der Waals surface area contributed by atoms with Gasteiger partial charge in [0.1, 0.15) is 29.1 Å². The van der Waals surface area contributed by atoms with E-state index in [-0.39, 0.29) is 6.10 Å². The molecule has 0 spiro atoms. The Bertz CT molecular complexity index is 1170. The maximum Gasteiger partial charge on any atom is 0.137 e. The zero-order valence-electron chi connectivity index (χ0n) is 17.3. The van der Waals surface area contributed by atoms with Crippen LogP contribution in [0.4, 0.5) is 0 Å². The van der Waals surface area contributed by atoms with Gasteiger partial charge in [-0.25, -0.2) is 0 Å². The Labute approximate surface area is 184 Å². The number of ether oxygens (including phenoxy) is 3. The van der Waals surface area contributed by atoms with Crippen LogP contribution in [0.3, 0.4) is 0 Å². The molecule has 2 aromatic carbocycles. The lowest BCUT2D eigenvalue weighted by Gasteiger charge is -2.29. The van der Waals surface area contributed by atoms with Crippen molar-refractivity contribution in [1.29, 1.82) is 0 Å². The van der Waals surface area contributed by atoms with Gasteiger partial charge in [-0.05, 0) is 48.7 Å². The minimum absolute atomic E-state index is 0.0873. The highest BCUT2D eigenvalue weighted by Crippen LogP contribution is 2.28. The Morgan fingerprint density at radius 1 is 1.10 bits per heavy atom. The van der Waals surface area contributed by atoms with E-state index in [1.165, 1.54) is 17.3 Å². The fourth-order valence-corrected chi connectivity index (χ4v) is 4.34. The molecule has 2 atom stereocenters. The molecule has 0 radical (unpaired) electrons. The number of aromatic nitrogens is 3. The van der Waals surface area contributed by atoms with Gasteiger partial charge in [-0.1, -0.05) is 12.1 Å². The second-order valence-electron chi connectivity index (χ2n) is 7.71. The van der Waals surface area contributed by atoms with Crippen LogP contribution in [0.1, 0.15) is 18.4 Å². The van der Waals surface area contributed by atoms with Gasteiger partial charge in [0.25, 0.3) is 0 Å². The second-order valence-corrected chi connectivity index (χ2v) is 8.24. The van der Waals surface area contributed by atoms with Gasteiger partial charge in [0.05, 0.1) is 43.3 Å². The van der Waals surface area contributed by atoms with Gasteiger partial charge in [-0.2, -0.15) is 8.75 Å². The van der Waals surface area contributed by atoms with Crippen LogP contribution in [0.5, 0.6) is 11.5 Å².